The van der Waals surface area contributed by atoms with Crippen molar-refractivity contribution in [3.05, 3.63) is 0 Å². The predicted octanol–water partition coefficient (Wildman–Crippen LogP) is 0.0556. The van der Waals surface area contributed by atoms with Crippen LogP contribution in [0.4, 0.5) is 3.89 Å². The molecule has 0 aromatic carbocycles. The Hall–Kier alpha value is -1.26. The van der Waals surface area contributed by atoms with Crippen LogP contribution in [0.2, 0.25) is 0 Å². The van der Waals surface area contributed by atoms with E-state index < -0.39 is 52.0 Å². The molecular formula is C16H32FN3O5S. The Labute approximate surface area is 155 Å². The maximum atomic E-state index is 13.0. The van der Waals surface area contributed by atoms with Crippen molar-refractivity contribution in [3.63, 3.8) is 0 Å². The maximum Gasteiger partial charge on any atom is 0.304 e. The lowest BCUT2D eigenvalue weighted by molar-refractivity contribution is -0.133. The molecule has 0 saturated carbocycles. The number of rotatable bonds is 11. The van der Waals surface area contributed by atoms with Crippen molar-refractivity contribution >= 4 is 22.0 Å². The zero-order valence-corrected chi connectivity index (χ0v) is 16.8. The Morgan fingerprint density at radius 3 is 2.04 bits per heavy atom. The molecule has 26 heavy (non-hydrogen) atoms. The fourth-order valence-corrected chi connectivity index (χ4v) is 3.14. The molecule has 0 aromatic heterocycles. The van der Waals surface area contributed by atoms with Crippen LogP contribution in [-0.4, -0.2) is 55.3 Å². The van der Waals surface area contributed by atoms with Gasteiger partial charge in [0.2, 0.25) is 11.8 Å². The maximum absolute atomic E-state index is 13.0. The number of carbonyl (C=O) groups is 2. The fraction of sp³-hybridized carbons (Fsp3) is 0.875. The van der Waals surface area contributed by atoms with Gasteiger partial charge in [-0.15, -0.1) is 3.89 Å². The summed E-state index contributed by atoms with van der Waals surface area (Å²) >= 11 is 0. The zero-order valence-electron chi connectivity index (χ0n) is 16.0. The molecule has 10 heteroatoms. The molecule has 5 atom stereocenters. The van der Waals surface area contributed by atoms with Gasteiger partial charge in [0, 0.05) is 6.04 Å². The summed E-state index contributed by atoms with van der Waals surface area (Å²) in [5, 5.41) is 14.6. The van der Waals surface area contributed by atoms with Gasteiger partial charge in [0.25, 0.3) is 0 Å². The van der Waals surface area contributed by atoms with Crippen LogP contribution in [0.1, 0.15) is 47.5 Å². The molecule has 2 amide bonds. The van der Waals surface area contributed by atoms with Crippen LogP contribution < -0.4 is 16.4 Å². The van der Waals surface area contributed by atoms with Gasteiger partial charge >= 0.3 is 10.2 Å². The molecular weight excluding hydrogens is 365 g/mol. The average molecular weight is 398 g/mol. The molecule has 0 saturated heterocycles. The summed E-state index contributed by atoms with van der Waals surface area (Å²) in [6, 6.07) is -3.15. The first kappa shape index (κ1) is 24.7. The van der Waals surface area contributed by atoms with Crippen molar-refractivity contribution in [1.29, 1.82) is 0 Å². The number of nitrogens with one attached hydrogen (secondary N) is 2. The lowest BCUT2D eigenvalue weighted by Gasteiger charge is -2.27. The number of hydrogen-bond acceptors (Lipinski definition) is 6. The third kappa shape index (κ3) is 9.44. The summed E-state index contributed by atoms with van der Waals surface area (Å²) in [6.45, 7) is 8.55. The highest BCUT2D eigenvalue weighted by Gasteiger charge is 2.31. The molecule has 0 aliphatic heterocycles. The second-order valence-electron chi connectivity index (χ2n) is 7.18. The van der Waals surface area contributed by atoms with E-state index in [1.165, 1.54) is 6.92 Å². The van der Waals surface area contributed by atoms with Crippen LogP contribution >= 0.6 is 0 Å². The standard InChI is InChI=1S/C16H32FN3O5S/c1-6-10(4)13(18)15(22)20-14(11(5)21)16(23)19-12(7-9(2)3)8-26(17,24)25/h9-14,21H,6-8,18H2,1-5H3,(H,19,23)(H,20,22)/t10-,11+,12-,13-,14-/m0/s1. The van der Waals surface area contributed by atoms with Gasteiger partial charge in [-0.2, -0.15) is 8.42 Å². The number of halogens is 1. The minimum absolute atomic E-state index is 0.000433. The molecule has 0 spiro atoms. The van der Waals surface area contributed by atoms with Gasteiger partial charge in [-0.25, -0.2) is 0 Å². The van der Waals surface area contributed by atoms with Crippen molar-refractivity contribution in [2.75, 3.05) is 5.75 Å². The Morgan fingerprint density at radius 1 is 1.12 bits per heavy atom. The van der Waals surface area contributed by atoms with Crippen molar-refractivity contribution in [1.82, 2.24) is 10.6 Å². The van der Waals surface area contributed by atoms with E-state index in [-0.39, 0.29) is 18.3 Å². The first-order chi connectivity index (χ1) is 11.8. The smallest absolute Gasteiger partial charge is 0.304 e. The number of aliphatic hydroxyl groups excluding tert-OH is 1. The number of aliphatic hydroxyl groups is 1. The quantitative estimate of drug-likeness (QED) is 0.364. The Morgan fingerprint density at radius 2 is 1.65 bits per heavy atom. The molecule has 8 nitrogen and oxygen atoms in total. The summed E-state index contributed by atoms with van der Waals surface area (Å²) < 4.78 is 34.9. The second kappa shape index (κ2) is 10.8. The van der Waals surface area contributed by atoms with Crippen molar-refractivity contribution < 1.29 is 27.0 Å². The fourth-order valence-electron chi connectivity index (χ4n) is 2.44. The highest BCUT2D eigenvalue weighted by molar-refractivity contribution is 7.86. The minimum Gasteiger partial charge on any atom is -0.391 e. The summed E-state index contributed by atoms with van der Waals surface area (Å²) in [6.07, 6.45) is -0.364. The van der Waals surface area contributed by atoms with Gasteiger partial charge in [0.1, 0.15) is 11.8 Å². The van der Waals surface area contributed by atoms with E-state index in [0.29, 0.717) is 6.42 Å². The second-order valence-corrected chi connectivity index (χ2v) is 8.59. The largest absolute Gasteiger partial charge is 0.391 e. The van der Waals surface area contributed by atoms with E-state index in [2.05, 4.69) is 10.6 Å². The molecule has 0 aliphatic rings. The van der Waals surface area contributed by atoms with E-state index >= 15 is 0 Å². The summed E-state index contributed by atoms with van der Waals surface area (Å²) in [5.41, 5.74) is 5.82. The third-order valence-electron chi connectivity index (χ3n) is 4.12. The lowest BCUT2D eigenvalue weighted by atomic mass is 9.98. The van der Waals surface area contributed by atoms with E-state index in [0.717, 1.165) is 0 Å². The van der Waals surface area contributed by atoms with Crippen LogP contribution in [0.25, 0.3) is 0 Å². The number of nitrogens with two attached hydrogens (primary N) is 1. The van der Waals surface area contributed by atoms with Gasteiger partial charge < -0.3 is 21.5 Å². The number of amides is 2. The van der Waals surface area contributed by atoms with Crippen LogP contribution in [0.5, 0.6) is 0 Å². The molecule has 0 radical (unpaired) electrons. The molecule has 5 N–H and O–H groups in total. The SMILES string of the molecule is CC[C@H](C)[C@H](N)C(=O)N[C@H](C(=O)N[C@@H](CC(C)C)CS(=O)(=O)F)[C@@H](C)O. The van der Waals surface area contributed by atoms with Crippen LogP contribution in [0.15, 0.2) is 0 Å². The summed E-state index contributed by atoms with van der Waals surface area (Å²) in [4.78, 5) is 24.6. The van der Waals surface area contributed by atoms with Gasteiger partial charge in [0.05, 0.1) is 12.1 Å². The van der Waals surface area contributed by atoms with Crippen LogP contribution in [-0.2, 0) is 19.8 Å². The van der Waals surface area contributed by atoms with Crippen molar-refractivity contribution in [2.45, 2.75) is 71.7 Å². The highest BCUT2D eigenvalue weighted by Crippen LogP contribution is 2.10. The predicted molar refractivity (Wildman–Crippen MR) is 97.3 cm³/mol. The molecule has 0 aliphatic carbocycles. The van der Waals surface area contributed by atoms with Crippen LogP contribution in [0.3, 0.4) is 0 Å². The normalized spacial score (nSPS) is 17.9. The van der Waals surface area contributed by atoms with Gasteiger partial charge in [0.15, 0.2) is 0 Å². The van der Waals surface area contributed by atoms with E-state index in [9.17, 15) is 27.0 Å². The first-order valence-electron chi connectivity index (χ1n) is 8.75. The van der Waals surface area contributed by atoms with Gasteiger partial charge in [-0.05, 0) is 25.2 Å². The molecule has 0 aromatic rings. The zero-order chi connectivity index (χ0) is 20.7. The van der Waals surface area contributed by atoms with Gasteiger partial charge in [-0.3, -0.25) is 9.59 Å². The topological polar surface area (TPSA) is 139 Å². The van der Waals surface area contributed by atoms with Gasteiger partial charge in [-0.1, -0.05) is 34.1 Å². The van der Waals surface area contributed by atoms with E-state index in [4.69, 9.17) is 5.73 Å². The Kier molecular flexibility index (Phi) is 10.3. The van der Waals surface area contributed by atoms with Crippen molar-refractivity contribution in [3.8, 4) is 0 Å². The molecule has 0 unspecified atom stereocenters. The minimum atomic E-state index is -4.80. The molecule has 0 bridgehead atoms. The molecule has 154 valence electrons. The molecule has 0 heterocycles. The molecule has 0 fully saturated rings. The lowest BCUT2D eigenvalue weighted by Crippen LogP contribution is -2.58. The number of carbonyl (C=O) groups excluding carboxylic acids is 2. The molecule has 0 rings (SSSR count). The Balaban J connectivity index is 5.16. The van der Waals surface area contributed by atoms with E-state index in [1.807, 2.05) is 6.92 Å². The highest BCUT2D eigenvalue weighted by atomic mass is 32.3. The van der Waals surface area contributed by atoms with Crippen molar-refractivity contribution in [2.24, 2.45) is 17.6 Å². The Bertz CT molecular complexity index is 568. The summed E-state index contributed by atoms with van der Waals surface area (Å²) in [5.74, 6) is -2.39. The van der Waals surface area contributed by atoms with E-state index in [1.54, 1.807) is 20.8 Å². The monoisotopic (exact) mass is 397 g/mol. The van der Waals surface area contributed by atoms with Crippen LogP contribution in [0, 0.1) is 11.8 Å². The first-order valence-corrected chi connectivity index (χ1v) is 10.3. The number of hydrogen-bond donors (Lipinski definition) is 4. The average Bonchev–Trinajstić information content (AvgIpc) is 2.47. The summed E-state index contributed by atoms with van der Waals surface area (Å²) in [7, 11) is -4.80. The third-order valence-corrected chi connectivity index (χ3v) is 4.93.